The number of hydrogen-bond acceptors (Lipinski definition) is 4. The number of nitrogens with one attached hydrogen (secondary N) is 1. The highest BCUT2D eigenvalue weighted by Crippen LogP contribution is 2.21. The molecule has 0 saturated carbocycles. The number of likely N-dealkylation sites (tertiary alicyclic amines) is 1. The lowest BCUT2D eigenvalue weighted by molar-refractivity contribution is -0.135. The number of carbonyl (C=O) groups excluding carboxylic acids is 2. The summed E-state index contributed by atoms with van der Waals surface area (Å²) in [6, 6.07) is 1.76. The molecule has 2 heterocycles. The van der Waals surface area contributed by atoms with Crippen molar-refractivity contribution in [3.63, 3.8) is 0 Å². The van der Waals surface area contributed by atoms with Crippen molar-refractivity contribution < 1.29 is 14.1 Å². The molecule has 30 heavy (non-hydrogen) atoms. The number of rotatable bonds is 8. The number of carbonyl (C=O) groups is 2. The molecule has 6 heteroatoms. The minimum Gasteiger partial charge on any atom is -0.361 e. The van der Waals surface area contributed by atoms with E-state index in [2.05, 4.69) is 41.7 Å². The Hall–Kier alpha value is -2.63. The third kappa shape index (κ3) is 6.71. The van der Waals surface area contributed by atoms with Crippen molar-refractivity contribution in [2.45, 2.75) is 71.3 Å². The number of aromatic nitrogens is 1. The maximum atomic E-state index is 12.7. The number of amides is 2. The van der Waals surface area contributed by atoms with E-state index in [-0.39, 0.29) is 24.3 Å². The molecular formula is C24H33N3O3. The number of piperidine rings is 1. The molecule has 1 aromatic rings. The van der Waals surface area contributed by atoms with Gasteiger partial charge in [-0.05, 0) is 52.4 Å². The lowest BCUT2D eigenvalue weighted by Crippen LogP contribution is -2.46. The highest BCUT2D eigenvalue weighted by atomic mass is 16.5. The summed E-state index contributed by atoms with van der Waals surface area (Å²) in [6.45, 7) is 5.32. The van der Waals surface area contributed by atoms with Crippen LogP contribution in [0.3, 0.4) is 0 Å². The largest absolute Gasteiger partial charge is 0.361 e. The minimum atomic E-state index is -0.0307. The summed E-state index contributed by atoms with van der Waals surface area (Å²) in [5, 5.41) is 6.88. The van der Waals surface area contributed by atoms with Crippen LogP contribution in [-0.2, 0) is 16.0 Å². The average Bonchev–Trinajstić information content (AvgIpc) is 3.01. The Kier molecular flexibility index (Phi) is 8.05. The van der Waals surface area contributed by atoms with E-state index in [1.165, 1.54) is 11.1 Å². The van der Waals surface area contributed by atoms with Gasteiger partial charge in [0.05, 0.1) is 12.1 Å². The Bertz CT molecular complexity index is 835. The number of aryl methyl sites for hydroxylation is 1. The summed E-state index contributed by atoms with van der Waals surface area (Å²) in [7, 11) is 0. The van der Waals surface area contributed by atoms with Gasteiger partial charge < -0.3 is 14.7 Å². The molecule has 2 aliphatic rings. The molecule has 2 amide bonds. The first kappa shape index (κ1) is 22.1. The molecule has 1 aliphatic heterocycles. The van der Waals surface area contributed by atoms with Crippen LogP contribution in [0, 0.1) is 6.92 Å². The second-order valence-corrected chi connectivity index (χ2v) is 8.30. The van der Waals surface area contributed by atoms with Gasteiger partial charge in [-0.3, -0.25) is 9.59 Å². The molecule has 3 rings (SSSR count). The Balaban J connectivity index is 1.42. The SMILES string of the molecule is CC1=CCC=C(CCCNC(=O)CC2CCCCN2C(=O)Cc2cc(C)no2)C=C1. The van der Waals surface area contributed by atoms with E-state index in [0.717, 1.165) is 44.2 Å². The van der Waals surface area contributed by atoms with Crippen molar-refractivity contribution in [2.75, 3.05) is 13.1 Å². The molecule has 1 N–H and O–H groups in total. The molecule has 1 unspecified atom stereocenters. The molecule has 1 aromatic heterocycles. The molecule has 162 valence electrons. The van der Waals surface area contributed by atoms with Gasteiger partial charge in [-0.25, -0.2) is 0 Å². The molecule has 6 nitrogen and oxygen atoms in total. The van der Waals surface area contributed by atoms with Crippen LogP contribution in [0.5, 0.6) is 0 Å². The Morgan fingerprint density at radius 1 is 1.23 bits per heavy atom. The maximum absolute atomic E-state index is 12.7. The monoisotopic (exact) mass is 411 g/mol. The standard InChI is InChI=1S/C24H33N3O3/c1-18-7-5-8-20(12-11-18)9-6-13-25-23(28)16-21-10-3-4-14-27(21)24(29)17-22-15-19(2)26-30-22/h7-8,11-12,15,21H,3-6,9-10,13-14,16-17H2,1-2H3,(H,25,28). The summed E-state index contributed by atoms with van der Waals surface area (Å²) in [4.78, 5) is 27.1. The molecule has 0 bridgehead atoms. The molecule has 1 saturated heterocycles. The van der Waals surface area contributed by atoms with E-state index in [9.17, 15) is 9.59 Å². The highest BCUT2D eigenvalue weighted by molar-refractivity contribution is 5.81. The van der Waals surface area contributed by atoms with Crippen molar-refractivity contribution in [1.82, 2.24) is 15.4 Å². The van der Waals surface area contributed by atoms with Crippen LogP contribution >= 0.6 is 0 Å². The zero-order valence-corrected chi connectivity index (χ0v) is 18.2. The second kappa shape index (κ2) is 11.0. The van der Waals surface area contributed by atoms with Crippen LogP contribution in [-0.4, -0.2) is 41.0 Å². The van der Waals surface area contributed by atoms with Crippen molar-refractivity contribution in [1.29, 1.82) is 0 Å². The first-order chi connectivity index (χ1) is 14.5. The van der Waals surface area contributed by atoms with E-state index < -0.39 is 0 Å². The van der Waals surface area contributed by atoms with E-state index >= 15 is 0 Å². The molecule has 1 fully saturated rings. The van der Waals surface area contributed by atoms with Gasteiger partial charge in [0.25, 0.3) is 0 Å². The molecule has 0 spiro atoms. The van der Waals surface area contributed by atoms with E-state index in [1.54, 1.807) is 6.07 Å². The van der Waals surface area contributed by atoms with Crippen LogP contribution < -0.4 is 5.32 Å². The predicted octanol–water partition coefficient (Wildman–Crippen LogP) is 4.03. The van der Waals surface area contributed by atoms with Crippen LogP contribution in [0.4, 0.5) is 0 Å². The Morgan fingerprint density at radius 3 is 2.90 bits per heavy atom. The third-order valence-electron chi connectivity index (χ3n) is 5.72. The molecule has 1 aliphatic carbocycles. The Labute approximate surface area is 179 Å². The van der Waals surface area contributed by atoms with Crippen LogP contribution in [0.1, 0.15) is 63.3 Å². The fourth-order valence-electron chi connectivity index (χ4n) is 4.05. The van der Waals surface area contributed by atoms with Gasteiger partial charge in [0, 0.05) is 31.6 Å². The lowest BCUT2D eigenvalue weighted by atomic mass is 9.98. The summed E-state index contributed by atoms with van der Waals surface area (Å²) >= 11 is 0. The highest BCUT2D eigenvalue weighted by Gasteiger charge is 2.29. The quantitative estimate of drug-likeness (QED) is 0.656. The van der Waals surface area contributed by atoms with Gasteiger partial charge in [0.15, 0.2) is 0 Å². The summed E-state index contributed by atoms with van der Waals surface area (Å²) in [5.41, 5.74) is 3.39. The molecular weight excluding hydrogens is 378 g/mol. The van der Waals surface area contributed by atoms with Gasteiger partial charge in [0.1, 0.15) is 5.76 Å². The number of nitrogens with zero attached hydrogens (tertiary/aromatic N) is 2. The van der Waals surface area contributed by atoms with Gasteiger partial charge >= 0.3 is 0 Å². The van der Waals surface area contributed by atoms with Crippen LogP contribution in [0.25, 0.3) is 0 Å². The average molecular weight is 412 g/mol. The van der Waals surface area contributed by atoms with Crippen molar-refractivity contribution in [3.8, 4) is 0 Å². The second-order valence-electron chi connectivity index (χ2n) is 8.30. The predicted molar refractivity (Wildman–Crippen MR) is 117 cm³/mol. The normalized spacial score (nSPS) is 19.1. The third-order valence-corrected chi connectivity index (χ3v) is 5.72. The molecule has 0 radical (unpaired) electrons. The first-order valence-electron chi connectivity index (χ1n) is 11.0. The molecule has 0 aromatic carbocycles. The van der Waals surface area contributed by atoms with Gasteiger partial charge in [0.2, 0.25) is 11.8 Å². The van der Waals surface area contributed by atoms with Gasteiger partial charge in [-0.15, -0.1) is 0 Å². The lowest BCUT2D eigenvalue weighted by Gasteiger charge is -2.35. The van der Waals surface area contributed by atoms with Crippen molar-refractivity contribution >= 4 is 11.8 Å². The summed E-state index contributed by atoms with van der Waals surface area (Å²) in [5.74, 6) is 0.622. The smallest absolute Gasteiger partial charge is 0.230 e. The van der Waals surface area contributed by atoms with Crippen molar-refractivity contribution in [3.05, 3.63) is 53.0 Å². The van der Waals surface area contributed by atoms with Gasteiger partial charge in [-0.1, -0.05) is 40.6 Å². The van der Waals surface area contributed by atoms with E-state index in [1.807, 2.05) is 11.8 Å². The first-order valence-corrected chi connectivity index (χ1v) is 11.0. The Morgan fingerprint density at radius 2 is 2.10 bits per heavy atom. The fraction of sp³-hybridized carbons (Fsp3) is 0.542. The molecule has 1 atom stereocenters. The fourth-order valence-corrected chi connectivity index (χ4v) is 4.05. The summed E-state index contributed by atoms with van der Waals surface area (Å²) in [6.07, 6.45) is 15.1. The van der Waals surface area contributed by atoms with E-state index in [0.29, 0.717) is 25.3 Å². The zero-order chi connectivity index (χ0) is 21.3. The zero-order valence-electron chi connectivity index (χ0n) is 18.2. The van der Waals surface area contributed by atoms with Crippen LogP contribution in [0.2, 0.25) is 0 Å². The number of allylic oxidation sites excluding steroid dienone is 6. The topological polar surface area (TPSA) is 75.4 Å². The van der Waals surface area contributed by atoms with Crippen LogP contribution in [0.15, 0.2) is 46.0 Å². The number of hydrogen-bond donors (Lipinski definition) is 1. The van der Waals surface area contributed by atoms with Crippen molar-refractivity contribution in [2.24, 2.45) is 0 Å². The van der Waals surface area contributed by atoms with Gasteiger partial charge in [-0.2, -0.15) is 0 Å². The van der Waals surface area contributed by atoms with E-state index in [4.69, 9.17) is 4.52 Å². The maximum Gasteiger partial charge on any atom is 0.230 e. The summed E-state index contributed by atoms with van der Waals surface area (Å²) < 4.78 is 5.18. The minimum absolute atomic E-state index is 0.0136.